The van der Waals surface area contributed by atoms with E-state index in [1.54, 1.807) is 18.2 Å². The summed E-state index contributed by atoms with van der Waals surface area (Å²) in [5.74, 6) is 0.383. The smallest absolute Gasteiger partial charge is 0.255 e. The van der Waals surface area contributed by atoms with Crippen LogP contribution in [-0.4, -0.2) is 32.1 Å². The minimum Gasteiger partial charge on any atom is -0.496 e. The first-order valence-electron chi connectivity index (χ1n) is 5.56. The molecule has 17 heavy (non-hydrogen) atoms. The van der Waals surface area contributed by atoms with Crippen molar-refractivity contribution in [3.05, 3.63) is 28.8 Å². The van der Waals surface area contributed by atoms with E-state index >= 15 is 0 Å². The first-order chi connectivity index (χ1) is 8.20. The van der Waals surface area contributed by atoms with Crippen LogP contribution in [0.15, 0.2) is 18.2 Å². The van der Waals surface area contributed by atoms with Gasteiger partial charge in [-0.15, -0.1) is 0 Å². The van der Waals surface area contributed by atoms with E-state index < -0.39 is 0 Å². The summed E-state index contributed by atoms with van der Waals surface area (Å²) in [5.41, 5.74) is 0.517. The van der Waals surface area contributed by atoms with E-state index in [1.165, 1.54) is 7.11 Å². The average Bonchev–Trinajstić information content (AvgIpc) is 2.81. The van der Waals surface area contributed by atoms with Gasteiger partial charge in [-0.3, -0.25) is 4.79 Å². The van der Waals surface area contributed by atoms with Crippen molar-refractivity contribution >= 4 is 17.5 Å². The van der Waals surface area contributed by atoms with Crippen molar-refractivity contribution in [3.63, 3.8) is 0 Å². The van der Waals surface area contributed by atoms with Gasteiger partial charge in [0.05, 0.1) is 12.7 Å². The highest BCUT2D eigenvalue weighted by molar-refractivity contribution is 6.30. The molecule has 2 N–H and O–H groups in total. The SMILES string of the molecule is COc1cc(Cl)ccc1C(=O)N[C@H]1CCNC1. The largest absolute Gasteiger partial charge is 0.496 e. The lowest BCUT2D eigenvalue weighted by atomic mass is 10.1. The summed E-state index contributed by atoms with van der Waals surface area (Å²) in [7, 11) is 1.53. The number of benzene rings is 1. The summed E-state index contributed by atoms with van der Waals surface area (Å²) >= 11 is 5.85. The Kier molecular flexibility index (Phi) is 3.86. The van der Waals surface area contributed by atoms with Gasteiger partial charge in [-0.2, -0.15) is 0 Å². The minimum absolute atomic E-state index is 0.118. The van der Waals surface area contributed by atoms with Crippen LogP contribution >= 0.6 is 11.6 Å². The third-order valence-electron chi connectivity index (χ3n) is 2.80. The number of nitrogens with one attached hydrogen (secondary N) is 2. The van der Waals surface area contributed by atoms with E-state index in [2.05, 4.69) is 10.6 Å². The molecule has 2 rings (SSSR count). The highest BCUT2D eigenvalue weighted by Gasteiger charge is 2.19. The maximum Gasteiger partial charge on any atom is 0.255 e. The van der Waals surface area contributed by atoms with E-state index in [9.17, 15) is 4.79 Å². The fraction of sp³-hybridized carbons (Fsp3) is 0.417. The first-order valence-corrected chi connectivity index (χ1v) is 5.93. The molecule has 1 atom stereocenters. The Morgan fingerprint density at radius 1 is 1.59 bits per heavy atom. The predicted octanol–water partition coefficient (Wildman–Crippen LogP) is 1.44. The highest BCUT2D eigenvalue weighted by Crippen LogP contribution is 2.23. The Bertz CT molecular complexity index is 417. The molecule has 0 saturated carbocycles. The number of hydrogen-bond acceptors (Lipinski definition) is 3. The van der Waals surface area contributed by atoms with Crippen LogP contribution < -0.4 is 15.4 Å². The third kappa shape index (κ3) is 2.90. The molecule has 1 heterocycles. The standard InChI is InChI=1S/C12H15ClN2O2/c1-17-11-6-8(13)2-3-10(11)12(16)15-9-4-5-14-7-9/h2-3,6,9,14H,4-5,7H2,1H3,(H,15,16)/t9-/m0/s1. The average molecular weight is 255 g/mol. The van der Waals surface area contributed by atoms with Crippen LogP contribution in [0.3, 0.4) is 0 Å². The lowest BCUT2D eigenvalue weighted by molar-refractivity contribution is 0.0937. The van der Waals surface area contributed by atoms with Crippen LogP contribution in [0.4, 0.5) is 0 Å². The zero-order valence-electron chi connectivity index (χ0n) is 9.63. The van der Waals surface area contributed by atoms with Gasteiger partial charge < -0.3 is 15.4 Å². The highest BCUT2D eigenvalue weighted by atomic mass is 35.5. The van der Waals surface area contributed by atoms with Gasteiger partial charge in [0.1, 0.15) is 5.75 Å². The van der Waals surface area contributed by atoms with Gasteiger partial charge in [-0.25, -0.2) is 0 Å². The second kappa shape index (κ2) is 5.38. The van der Waals surface area contributed by atoms with Crippen LogP contribution in [-0.2, 0) is 0 Å². The number of amides is 1. The van der Waals surface area contributed by atoms with Gasteiger partial charge in [-0.1, -0.05) is 11.6 Å². The molecule has 0 spiro atoms. The molecule has 1 saturated heterocycles. The Labute approximate surface area is 105 Å². The molecule has 1 fully saturated rings. The Morgan fingerprint density at radius 3 is 3.06 bits per heavy atom. The number of hydrogen-bond donors (Lipinski definition) is 2. The summed E-state index contributed by atoms with van der Waals surface area (Å²) < 4.78 is 5.15. The van der Waals surface area contributed by atoms with E-state index in [0.717, 1.165) is 19.5 Å². The molecule has 1 aromatic rings. The molecule has 0 aromatic heterocycles. The molecule has 0 radical (unpaired) electrons. The molecule has 1 amide bonds. The van der Waals surface area contributed by atoms with Crippen LogP contribution in [0, 0.1) is 0 Å². The molecule has 0 bridgehead atoms. The second-order valence-electron chi connectivity index (χ2n) is 4.01. The van der Waals surface area contributed by atoms with Gasteiger partial charge in [0, 0.05) is 17.6 Å². The van der Waals surface area contributed by atoms with E-state index in [0.29, 0.717) is 16.3 Å². The van der Waals surface area contributed by atoms with Crippen LogP contribution in [0.2, 0.25) is 5.02 Å². The van der Waals surface area contributed by atoms with Crippen LogP contribution in [0.25, 0.3) is 0 Å². The number of ether oxygens (including phenoxy) is 1. The number of carbonyl (C=O) groups excluding carboxylic acids is 1. The molecule has 0 aliphatic carbocycles. The first kappa shape index (κ1) is 12.2. The Morgan fingerprint density at radius 2 is 2.41 bits per heavy atom. The van der Waals surface area contributed by atoms with Gasteiger partial charge in [0.2, 0.25) is 0 Å². The van der Waals surface area contributed by atoms with Crippen molar-refractivity contribution in [2.75, 3.05) is 20.2 Å². The Hall–Kier alpha value is -1.26. The Balaban J connectivity index is 2.12. The molecule has 1 aliphatic heterocycles. The maximum atomic E-state index is 12.0. The van der Waals surface area contributed by atoms with Crippen LogP contribution in [0.5, 0.6) is 5.75 Å². The topological polar surface area (TPSA) is 50.4 Å². The zero-order chi connectivity index (χ0) is 12.3. The molecular weight excluding hydrogens is 240 g/mol. The molecule has 5 heteroatoms. The summed E-state index contributed by atoms with van der Waals surface area (Å²) in [6, 6.07) is 5.21. The van der Waals surface area contributed by atoms with Crippen molar-refractivity contribution in [2.45, 2.75) is 12.5 Å². The van der Waals surface area contributed by atoms with Gasteiger partial charge >= 0.3 is 0 Å². The predicted molar refractivity (Wildman–Crippen MR) is 66.7 cm³/mol. The minimum atomic E-state index is -0.118. The van der Waals surface area contributed by atoms with Crippen molar-refractivity contribution in [1.82, 2.24) is 10.6 Å². The maximum absolute atomic E-state index is 12.0. The molecule has 1 aromatic carbocycles. The lowest BCUT2D eigenvalue weighted by Crippen LogP contribution is -2.36. The van der Waals surface area contributed by atoms with Crippen molar-refractivity contribution in [2.24, 2.45) is 0 Å². The van der Waals surface area contributed by atoms with Gasteiger partial charge in [-0.05, 0) is 31.2 Å². The second-order valence-corrected chi connectivity index (χ2v) is 4.44. The third-order valence-corrected chi connectivity index (χ3v) is 3.04. The van der Waals surface area contributed by atoms with Crippen molar-refractivity contribution < 1.29 is 9.53 Å². The number of halogens is 1. The fourth-order valence-electron chi connectivity index (χ4n) is 1.89. The summed E-state index contributed by atoms with van der Waals surface area (Å²) in [5, 5.41) is 6.72. The zero-order valence-corrected chi connectivity index (χ0v) is 10.4. The van der Waals surface area contributed by atoms with E-state index in [-0.39, 0.29) is 11.9 Å². The lowest BCUT2D eigenvalue weighted by Gasteiger charge is -2.13. The van der Waals surface area contributed by atoms with Crippen molar-refractivity contribution in [3.8, 4) is 5.75 Å². The van der Waals surface area contributed by atoms with Crippen LogP contribution in [0.1, 0.15) is 16.8 Å². The normalized spacial score (nSPS) is 19.1. The van der Waals surface area contributed by atoms with Gasteiger partial charge in [0.25, 0.3) is 5.91 Å². The quantitative estimate of drug-likeness (QED) is 0.858. The number of rotatable bonds is 3. The molecule has 4 nitrogen and oxygen atoms in total. The fourth-order valence-corrected chi connectivity index (χ4v) is 2.06. The molecule has 92 valence electrons. The summed E-state index contributed by atoms with van der Waals surface area (Å²) in [6.07, 6.45) is 0.960. The monoisotopic (exact) mass is 254 g/mol. The van der Waals surface area contributed by atoms with E-state index in [1.807, 2.05) is 0 Å². The summed E-state index contributed by atoms with van der Waals surface area (Å²) in [4.78, 5) is 12.0. The summed E-state index contributed by atoms with van der Waals surface area (Å²) in [6.45, 7) is 1.77. The van der Waals surface area contributed by atoms with Gasteiger partial charge in [0.15, 0.2) is 0 Å². The number of methoxy groups -OCH3 is 1. The van der Waals surface area contributed by atoms with Crippen molar-refractivity contribution in [1.29, 1.82) is 0 Å². The number of carbonyl (C=O) groups is 1. The molecule has 1 aliphatic rings. The van der Waals surface area contributed by atoms with E-state index in [4.69, 9.17) is 16.3 Å². The molecule has 0 unspecified atom stereocenters. The molecular formula is C12H15ClN2O2.